The zero-order valence-electron chi connectivity index (χ0n) is 6.92. The molecular weight excluding hydrogens is 142 g/mol. The van der Waals surface area contributed by atoms with Gasteiger partial charge >= 0.3 is 0 Å². The summed E-state index contributed by atoms with van der Waals surface area (Å²) in [7, 11) is 1.85. The van der Waals surface area contributed by atoms with E-state index >= 15 is 0 Å². The first-order valence-corrected chi connectivity index (χ1v) is 3.53. The third kappa shape index (κ3) is 5.37. The van der Waals surface area contributed by atoms with Crippen molar-refractivity contribution in [2.75, 3.05) is 26.7 Å². The lowest BCUT2D eigenvalue weighted by atomic mass is 10.5. The average molecular weight is 155 g/mol. The summed E-state index contributed by atoms with van der Waals surface area (Å²) in [6, 6.07) is 1.84. The van der Waals surface area contributed by atoms with Crippen molar-refractivity contribution in [3.8, 4) is 6.07 Å². The van der Waals surface area contributed by atoms with Gasteiger partial charge in [0.25, 0.3) is 0 Å². The summed E-state index contributed by atoms with van der Waals surface area (Å²) in [4.78, 5) is 12.7. The summed E-state index contributed by atoms with van der Waals surface area (Å²) in [5.41, 5.74) is 0. The molecule has 0 saturated carbocycles. The molecule has 0 fully saturated rings. The van der Waals surface area contributed by atoms with Crippen LogP contribution in [0.5, 0.6) is 0 Å². The van der Waals surface area contributed by atoms with Crippen LogP contribution in [0.1, 0.15) is 6.92 Å². The van der Waals surface area contributed by atoms with Crippen molar-refractivity contribution in [1.82, 2.24) is 10.2 Å². The lowest BCUT2D eigenvalue weighted by Crippen LogP contribution is -2.35. The van der Waals surface area contributed by atoms with E-state index in [-0.39, 0.29) is 12.5 Å². The van der Waals surface area contributed by atoms with E-state index in [2.05, 4.69) is 5.32 Å². The number of likely N-dealkylation sites (N-methyl/N-ethyl adjacent to an activating group) is 1. The van der Waals surface area contributed by atoms with E-state index in [1.54, 1.807) is 0 Å². The second kappa shape index (κ2) is 5.69. The van der Waals surface area contributed by atoms with Crippen molar-refractivity contribution in [2.45, 2.75) is 6.92 Å². The Labute approximate surface area is 66.8 Å². The largest absolute Gasteiger partial charge is 0.342 e. The number of nitrogens with zero attached hydrogens (tertiary/aromatic N) is 2. The number of rotatable bonds is 4. The fourth-order valence-corrected chi connectivity index (χ4v) is 0.551. The quantitative estimate of drug-likeness (QED) is 0.561. The van der Waals surface area contributed by atoms with Gasteiger partial charge in [0.2, 0.25) is 5.91 Å². The van der Waals surface area contributed by atoms with Gasteiger partial charge in [-0.2, -0.15) is 5.26 Å². The van der Waals surface area contributed by atoms with Gasteiger partial charge in [-0.05, 0) is 13.6 Å². The predicted octanol–water partition coefficient (Wildman–Crippen LogP) is -0.422. The molecule has 0 atom stereocenters. The summed E-state index contributed by atoms with van der Waals surface area (Å²) in [5.74, 6) is -0.101. The monoisotopic (exact) mass is 155 g/mol. The molecule has 1 amide bonds. The van der Waals surface area contributed by atoms with Crippen LogP contribution in [0.4, 0.5) is 0 Å². The van der Waals surface area contributed by atoms with Gasteiger partial charge in [0.05, 0.1) is 12.6 Å². The minimum absolute atomic E-state index is 0.0936. The zero-order chi connectivity index (χ0) is 8.69. The van der Waals surface area contributed by atoms with E-state index in [9.17, 15) is 4.79 Å². The summed E-state index contributed by atoms with van der Waals surface area (Å²) in [6.07, 6.45) is 0. The number of nitrogens with one attached hydrogen (secondary N) is 1. The van der Waals surface area contributed by atoms with E-state index in [0.717, 1.165) is 6.54 Å². The molecule has 0 aliphatic heterocycles. The van der Waals surface area contributed by atoms with Crippen LogP contribution in [-0.4, -0.2) is 37.5 Å². The Morgan fingerprint density at radius 3 is 2.82 bits per heavy atom. The average Bonchev–Trinajstić information content (AvgIpc) is 2.00. The molecule has 0 saturated heterocycles. The molecule has 62 valence electrons. The highest BCUT2D eigenvalue weighted by Gasteiger charge is 2.02. The maximum Gasteiger partial charge on any atom is 0.234 e. The van der Waals surface area contributed by atoms with Crippen molar-refractivity contribution in [2.24, 2.45) is 0 Å². The molecule has 0 spiro atoms. The first-order chi connectivity index (χ1) is 5.20. The minimum atomic E-state index is -0.101. The van der Waals surface area contributed by atoms with Gasteiger partial charge < -0.3 is 5.32 Å². The van der Waals surface area contributed by atoms with Crippen molar-refractivity contribution in [3.05, 3.63) is 0 Å². The highest BCUT2D eigenvalue weighted by Crippen LogP contribution is 1.78. The number of amides is 1. The molecule has 1 N–H and O–H groups in total. The van der Waals surface area contributed by atoms with Crippen LogP contribution < -0.4 is 5.32 Å². The standard InChI is InChI=1S/C7H13N3O/c1-3-10(2)6-7(11)9-5-4-8/h3,5-6H2,1-2H3,(H,9,11). The predicted molar refractivity (Wildman–Crippen MR) is 41.8 cm³/mol. The van der Waals surface area contributed by atoms with Crippen LogP contribution in [0.25, 0.3) is 0 Å². The highest BCUT2D eigenvalue weighted by molar-refractivity contribution is 5.78. The van der Waals surface area contributed by atoms with Gasteiger partial charge in [-0.15, -0.1) is 0 Å². The van der Waals surface area contributed by atoms with Crippen LogP contribution in [0, 0.1) is 11.3 Å². The second-order valence-electron chi connectivity index (χ2n) is 2.27. The molecule has 0 aliphatic rings. The van der Waals surface area contributed by atoms with Gasteiger partial charge in [-0.3, -0.25) is 9.69 Å². The fourth-order valence-electron chi connectivity index (χ4n) is 0.551. The van der Waals surface area contributed by atoms with E-state index < -0.39 is 0 Å². The van der Waals surface area contributed by atoms with Crippen LogP contribution in [0.2, 0.25) is 0 Å². The Morgan fingerprint density at radius 2 is 2.36 bits per heavy atom. The highest BCUT2D eigenvalue weighted by atomic mass is 16.1. The Hall–Kier alpha value is -1.08. The van der Waals surface area contributed by atoms with Crippen LogP contribution in [0.15, 0.2) is 0 Å². The van der Waals surface area contributed by atoms with Gasteiger partial charge in [0, 0.05) is 0 Å². The van der Waals surface area contributed by atoms with Crippen LogP contribution >= 0.6 is 0 Å². The molecule has 0 aromatic carbocycles. The van der Waals surface area contributed by atoms with E-state index in [1.807, 2.05) is 24.9 Å². The van der Waals surface area contributed by atoms with Crippen molar-refractivity contribution in [3.63, 3.8) is 0 Å². The van der Waals surface area contributed by atoms with Gasteiger partial charge in [0.15, 0.2) is 0 Å². The topological polar surface area (TPSA) is 56.1 Å². The minimum Gasteiger partial charge on any atom is -0.342 e. The van der Waals surface area contributed by atoms with Gasteiger partial charge in [0.1, 0.15) is 6.54 Å². The van der Waals surface area contributed by atoms with Crippen LogP contribution in [-0.2, 0) is 4.79 Å². The fraction of sp³-hybridized carbons (Fsp3) is 0.714. The molecule has 0 aliphatic carbocycles. The summed E-state index contributed by atoms with van der Waals surface area (Å²) >= 11 is 0. The number of hydrogen-bond donors (Lipinski definition) is 1. The van der Waals surface area contributed by atoms with Crippen molar-refractivity contribution < 1.29 is 4.79 Å². The van der Waals surface area contributed by atoms with Crippen molar-refractivity contribution >= 4 is 5.91 Å². The molecule has 0 bridgehead atoms. The molecule has 0 rings (SSSR count). The molecule has 11 heavy (non-hydrogen) atoms. The molecule has 4 heteroatoms. The molecule has 0 radical (unpaired) electrons. The summed E-state index contributed by atoms with van der Waals surface area (Å²) in [6.45, 7) is 3.26. The summed E-state index contributed by atoms with van der Waals surface area (Å²) < 4.78 is 0. The first kappa shape index (κ1) is 9.92. The smallest absolute Gasteiger partial charge is 0.234 e. The third-order valence-corrected chi connectivity index (χ3v) is 1.32. The Balaban J connectivity index is 3.45. The second-order valence-corrected chi connectivity index (χ2v) is 2.27. The Bertz CT molecular complexity index is 162. The van der Waals surface area contributed by atoms with Gasteiger partial charge in [-0.1, -0.05) is 6.92 Å². The number of nitriles is 1. The van der Waals surface area contributed by atoms with E-state index in [1.165, 1.54) is 0 Å². The molecular formula is C7H13N3O. The molecule has 0 aromatic heterocycles. The molecule has 0 unspecified atom stereocenters. The Kier molecular flexibility index (Phi) is 5.13. The van der Waals surface area contributed by atoms with E-state index in [0.29, 0.717) is 6.54 Å². The maximum absolute atomic E-state index is 10.9. The third-order valence-electron chi connectivity index (χ3n) is 1.32. The lowest BCUT2D eigenvalue weighted by Gasteiger charge is -2.11. The van der Waals surface area contributed by atoms with Gasteiger partial charge in [-0.25, -0.2) is 0 Å². The number of carbonyl (C=O) groups excluding carboxylic acids is 1. The zero-order valence-corrected chi connectivity index (χ0v) is 6.92. The molecule has 4 nitrogen and oxygen atoms in total. The Morgan fingerprint density at radius 1 is 1.73 bits per heavy atom. The first-order valence-electron chi connectivity index (χ1n) is 3.53. The summed E-state index contributed by atoms with van der Waals surface area (Å²) in [5, 5.41) is 10.6. The normalized spacial score (nSPS) is 9.27. The number of hydrogen-bond acceptors (Lipinski definition) is 3. The van der Waals surface area contributed by atoms with Crippen molar-refractivity contribution in [1.29, 1.82) is 5.26 Å². The van der Waals surface area contributed by atoms with Crippen LogP contribution in [0.3, 0.4) is 0 Å². The molecule has 0 aromatic rings. The SMILES string of the molecule is CCN(C)CC(=O)NCC#N. The van der Waals surface area contributed by atoms with E-state index in [4.69, 9.17) is 5.26 Å². The molecule has 0 heterocycles. The lowest BCUT2D eigenvalue weighted by molar-refractivity contribution is -0.121. The maximum atomic E-state index is 10.9. The number of carbonyl (C=O) groups is 1.